The Morgan fingerprint density at radius 3 is 2.24 bits per heavy atom. The first-order chi connectivity index (χ1) is 10.3. The van der Waals surface area contributed by atoms with Gasteiger partial charge in [-0.2, -0.15) is 0 Å². The lowest BCUT2D eigenvalue weighted by molar-refractivity contribution is 0.0600. The highest BCUT2D eigenvalue weighted by molar-refractivity contribution is 9.09. The fourth-order valence-electron chi connectivity index (χ4n) is 2.46. The molecule has 0 saturated carbocycles. The number of hydrogen-bond acceptors (Lipinski definition) is 2. The van der Waals surface area contributed by atoms with Crippen LogP contribution in [0.2, 0.25) is 0 Å². The summed E-state index contributed by atoms with van der Waals surface area (Å²) < 4.78 is 4.75. The predicted octanol–water partition coefficient (Wildman–Crippen LogP) is 5.53. The van der Waals surface area contributed by atoms with Crippen molar-refractivity contribution in [1.82, 2.24) is 0 Å². The number of halogens is 1. The molecule has 0 bridgehead atoms. The highest BCUT2D eigenvalue weighted by atomic mass is 79.9. The second-order valence-corrected chi connectivity index (χ2v) is 6.25. The number of hydrogen-bond donors (Lipinski definition) is 0. The number of carbonyl (C=O) groups excluding carboxylic acids is 1. The third-order valence-electron chi connectivity index (χ3n) is 3.70. The van der Waals surface area contributed by atoms with Crippen LogP contribution in [0, 0.1) is 0 Å². The summed E-state index contributed by atoms with van der Waals surface area (Å²) in [5.41, 5.74) is 1.89. The van der Waals surface area contributed by atoms with E-state index in [0.717, 1.165) is 11.8 Å². The van der Waals surface area contributed by atoms with Crippen LogP contribution in [-0.2, 0) is 11.2 Å². The zero-order chi connectivity index (χ0) is 15.3. The zero-order valence-electron chi connectivity index (χ0n) is 13.1. The Morgan fingerprint density at radius 1 is 1.00 bits per heavy atom. The van der Waals surface area contributed by atoms with Crippen LogP contribution in [0.3, 0.4) is 0 Å². The van der Waals surface area contributed by atoms with Crippen molar-refractivity contribution in [1.29, 1.82) is 0 Å². The molecule has 1 rings (SSSR count). The van der Waals surface area contributed by atoms with E-state index >= 15 is 0 Å². The van der Waals surface area contributed by atoms with Crippen LogP contribution in [0.5, 0.6) is 0 Å². The standard InChI is InChI=1S/C18H27BrO2/c1-21-18(20)17-13-10-12-16(15-17)11-8-6-4-2-3-5-7-9-14-19/h10,12-13,15H,2-9,11,14H2,1H3. The van der Waals surface area contributed by atoms with Crippen LogP contribution in [0.1, 0.15) is 67.3 Å². The Labute approximate surface area is 137 Å². The van der Waals surface area contributed by atoms with Crippen LogP contribution in [0.25, 0.3) is 0 Å². The molecule has 0 heterocycles. The molecule has 0 unspecified atom stereocenters. The Hall–Kier alpha value is -0.830. The normalized spacial score (nSPS) is 10.6. The van der Waals surface area contributed by atoms with Crippen LogP contribution in [0.15, 0.2) is 24.3 Å². The SMILES string of the molecule is COC(=O)c1cccc(CCCCCCCCCCBr)c1. The molecule has 0 aliphatic carbocycles. The summed E-state index contributed by atoms with van der Waals surface area (Å²) >= 11 is 3.46. The molecule has 0 amide bonds. The second-order valence-electron chi connectivity index (χ2n) is 5.46. The molecule has 0 aliphatic rings. The Morgan fingerprint density at radius 2 is 1.62 bits per heavy atom. The minimum atomic E-state index is -0.250. The average Bonchev–Trinajstić information content (AvgIpc) is 2.53. The Bertz CT molecular complexity index is 404. The third-order valence-corrected chi connectivity index (χ3v) is 4.26. The molecule has 21 heavy (non-hydrogen) atoms. The Kier molecular flexibility index (Phi) is 10.2. The van der Waals surface area contributed by atoms with Crippen molar-refractivity contribution >= 4 is 21.9 Å². The smallest absolute Gasteiger partial charge is 0.337 e. The van der Waals surface area contributed by atoms with E-state index in [9.17, 15) is 4.79 Å². The van der Waals surface area contributed by atoms with Crippen molar-refractivity contribution in [2.45, 2.75) is 57.8 Å². The summed E-state index contributed by atoms with van der Waals surface area (Å²) in [5, 5.41) is 1.14. The first-order valence-electron chi connectivity index (χ1n) is 8.01. The van der Waals surface area contributed by atoms with Gasteiger partial charge in [0.1, 0.15) is 0 Å². The maximum Gasteiger partial charge on any atom is 0.337 e. The number of carbonyl (C=O) groups is 1. The first kappa shape index (κ1) is 18.2. The summed E-state index contributed by atoms with van der Waals surface area (Å²) in [5.74, 6) is -0.250. The van der Waals surface area contributed by atoms with E-state index in [2.05, 4.69) is 22.0 Å². The molecular weight excluding hydrogens is 328 g/mol. The highest BCUT2D eigenvalue weighted by Gasteiger charge is 2.05. The van der Waals surface area contributed by atoms with E-state index in [-0.39, 0.29) is 5.97 Å². The molecule has 1 aromatic carbocycles. The number of aryl methyl sites for hydroxylation is 1. The van der Waals surface area contributed by atoms with Crippen molar-refractivity contribution in [3.05, 3.63) is 35.4 Å². The lowest BCUT2D eigenvalue weighted by atomic mass is 10.0. The van der Waals surface area contributed by atoms with Gasteiger partial charge in [-0.15, -0.1) is 0 Å². The van der Waals surface area contributed by atoms with Gasteiger partial charge in [-0.1, -0.05) is 66.6 Å². The first-order valence-corrected chi connectivity index (χ1v) is 9.13. The topological polar surface area (TPSA) is 26.3 Å². The second kappa shape index (κ2) is 11.8. The van der Waals surface area contributed by atoms with E-state index in [1.165, 1.54) is 64.0 Å². The van der Waals surface area contributed by atoms with Crippen LogP contribution in [0.4, 0.5) is 0 Å². The maximum absolute atomic E-state index is 11.5. The highest BCUT2D eigenvalue weighted by Crippen LogP contribution is 2.13. The van der Waals surface area contributed by atoms with Gasteiger partial charge in [0.05, 0.1) is 12.7 Å². The van der Waals surface area contributed by atoms with Gasteiger partial charge in [-0.25, -0.2) is 4.79 Å². The molecule has 0 N–H and O–H groups in total. The minimum absolute atomic E-state index is 0.250. The van der Waals surface area contributed by atoms with Crippen molar-refractivity contribution < 1.29 is 9.53 Å². The van der Waals surface area contributed by atoms with Gasteiger partial charge in [0.25, 0.3) is 0 Å². The van der Waals surface area contributed by atoms with Crippen molar-refractivity contribution in [2.24, 2.45) is 0 Å². The van der Waals surface area contributed by atoms with Crippen LogP contribution < -0.4 is 0 Å². The van der Waals surface area contributed by atoms with Crippen LogP contribution >= 0.6 is 15.9 Å². The number of alkyl halides is 1. The zero-order valence-corrected chi connectivity index (χ0v) is 14.7. The molecule has 0 fully saturated rings. The van der Waals surface area contributed by atoms with Crippen molar-refractivity contribution in [3.63, 3.8) is 0 Å². The average molecular weight is 355 g/mol. The number of esters is 1. The number of rotatable bonds is 11. The molecule has 118 valence electrons. The van der Waals surface area contributed by atoms with E-state index in [4.69, 9.17) is 4.74 Å². The summed E-state index contributed by atoms with van der Waals surface area (Å²) in [4.78, 5) is 11.5. The van der Waals surface area contributed by atoms with Crippen molar-refractivity contribution in [3.8, 4) is 0 Å². The van der Waals surface area contributed by atoms with Gasteiger partial charge in [-0.3, -0.25) is 0 Å². The Balaban J connectivity index is 2.11. The van der Waals surface area contributed by atoms with E-state index in [1.54, 1.807) is 0 Å². The van der Waals surface area contributed by atoms with Gasteiger partial charge < -0.3 is 4.74 Å². The fraction of sp³-hybridized carbons (Fsp3) is 0.611. The fourth-order valence-corrected chi connectivity index (χ4v) is 2.85. The number of unbranched alkanes of at least 4 members (excludes halogenated alkanes) is 7. The van der Waals surface area contributed by atoms with Gasteiger partial charge in [0, 0.05) is 5.33 Å². The maximum atomic E-state index is 11.5. The molecule has 0 aliphatic heterocycles. The quantitative estimate of drug-likeness (QED) is 0.296. The van der Waals surface area contributed by atoms with Gasteiger partial charge in [0.15, 0.2) is 0 Å². The molecule has 0 aromatic heterocycles. The van der Waals surface area contributed by atoms with E-state index in [1.807, 2.05) is 18.2 Å². The third kappa shape index (κ3) is 8.25. The number of methoxy groups -OCH3 is 1. The molecule has 2 nitrogen and oxygen atoms in total. The molecule has 3 heteroatoms. The van der Waals surface area contributed by atoms with Gasteiger partial charge in [-0.05, 0) is 37.0 Å². The number of benzene rings is 1. The lowest BCUT2D eigenvalue weighted by Gasteiger charge is -2.05. The largest absolute Gasteiger partial charge is 0.465 e. The van der Waals surface area contributed by atoms with Crippen molar-refractivity contribution in [2.75, 3.05) is 12.4 Å². The van der Waals surface area contributed by atoms with Gasteiger partial charge >= 0.3 is 5.97 Å². The lowest BCUT2D eigenvalue weighted by Crippen LogP contribution is -2.01. The van der Waals surface area contributed by atoms with Gasteiger partial charge in [0.2, 0.25) is 0 Å². The molecule has 0 saturated heterocycles. The molecular formula is C18H27BrO2. The monoisotopic (exact) mass is 354 g/mol. The summed E-state index contributed by atoms with van der Waals surface area (Å²) in [7, 11) is 1.42. The summed E-state index contributed by atoms with van der Waals surface area (Å²) in [6.07, 6.45) is 11.6. The summed E-state index contributed by atoms with van der Waals surface area (Å²) in [6.45, 7) is 0. The number of ether oxygens (including phenoxy) is 1. The van der Waals surface area contributed by atoms with E-state index in [0.29, 0.717) is 5.56 Å². The predicted molar refractivity (Wildman–Crippen MR) is 92.2 cm³/mol. The minimum Gasteiger partial charge on any atom is -0.465 e. The van der Waals surface area contributed by atoms with Crippen LogP contribution in [-0.4, -0.2) is 18.4 Å². The molecule has 0 atom stereocenters. The molecule has 0 spiro atoms. The molecule has 1 aromatic rings. The van der Waals surface area contributed by atoms with E-state index < -0.39 is 0 Å². The summed E-state index contributed by atoms with van der Waals surface area (Å²) in [6, 6.07) is 7.78. The molecule has 0 radical (unpaired) electrons.